The van der Waals surface area contributed by atoms with Crippen LogP contribution in [0.2, 0.25) is 0 Å². The van der Waals surface area contributed by atoms with Crippen molar-refractivity contribution in [2.45, 2.75) is 51.4 Å². The lowest BCUT2D eigenvalue weighted by Gasteiger charge is -2.18. The van der Waals surface area contributed by atoms with Crippen molar-refractivity contribution >= 4 is 5.78 Å². The summed E-state index contributed by atoms with van der Waals surface area (Å²) in [4.78, 5) is 12.2. The van der Waals surface area contributed by atoms with Gasteiger partial charge in [0.25, 0.3) is 0 Å². The van der Waals surface area contributed by atoms with Crippen LogP contribution in [-0.4, -0.2) is 5.78 Å². The minimum absolute atomic E-state index is 0.232. The third-order valence-corrected chi connectivity index (χ3v) is 3.85. The summed E-state index contributed by atoms with van der Waals surface area (Å²) >= 11 is 0. The van der Waals surface area contributed by atoms with E-state index in [1.807, 2.05) is 0 Å². The zero-order chi connectivity index (χ0) is 12.8. The maximum absolute atomic E-state index is 12.8. The second-order valence-electron chi connectivity index (χ2n) is 5.31. The molecule has 18 heavy (non-hydrogen) atoms. The summed E-state index contributed by atoms with van der Waals surface area (Å²) in [6.07, 6.45) is 8.75. The van der Waals surface area contributed by atoms with Crippen LogP contribution in [0.3, 0.4) is 0 Å². The van der Waals surface area contributed by atoms with Crippen molar-refractivity contribution in [3.8, 4) is 0 Å². The fraction of sp³-hybridized carbons (Fsp3) is 0.562. The molecule has 1 aromatic rings. The van der Waals surface area contributed by atoms with Crippen LogP contribution < -0.4 is 0 Å². The lowest BCUT2D eigenvalue weighted by molar-refractivity contribution is -0.122. The molecule has 98 valence electrons. The lowest BCUT2D eigenvalue weighted by Crippen LogP contribution is -2.18. The van der Waals surface area contributed by atoms with E-state index in [0.29, 0.717) is 12.2 Å². The molecule has 1 aliphatic carbocycles. The number of hydrogen-bond donors (Lipinski definition) is 0. The molecule has 0 amide bonds. The number of Topliss-reactive ketones (excluding diaryl/α,β-unsaturated/α-hetero) is 1. The molecule has 0 spiro atoms. The molecule has 0 aromatic heterocycles. The highest BCUT2D eigenvalue weighted by Gasteiger charge is 2.19. The van der Waals surface area contributed by atoms with Crippen molar-refractivity contribution < 1.29 is 9.18 Å². The Morgan fingerprint density at radius 2 is 1.56 bits per heavy atom. The van der Waals surface area contributed by atoms with Gasteiger partial charge in [0.15, 0.2) is 0 Å². The first-order valence-electron chi connectivity index (χ1n) is 7.03. The standard InChI is InChI=1S/C16H21FO/c17-15-10-8-13(9-11-15)12-16(18)14-6-4-2-1-3-5-7-14/h8-11,14H,1-7,12H2. The first-order valence-corrected chi connectivity index (χ1v) is 7.03. The molecular weight excluding hydrogens is 227 g/mol. The molecule has 2 heteroatoms. The maximum atomic E-state index is 12.8. The average Bonchev–Trinajstić information content (AvgIpc) is 2.31. The van der Waals surface area contributed by atoms with Gasteiger partial charge in [0, 0.05) is 12.3 Å². The predicted molar refractivity (Wildman–Crippen MR) is 70.9 cm³/mol. The normalized spacial score (nSPS) is 18.1. The van der Waals surface area contributed by atoms with Crippen LogP contribution in [0, 0.1) is 11.7 Å². The second-order valence-corrected chi connectivity index (χ2v) is 5.31. The molecular formula is C16H21FO. The maximum Gasteiger partial charge on any atom is 0.140 e. The van der Waals surface area contributed by atoms with E-state index in [0.717, 1.165) is 18.4 Å². The van der Waals surface area contributed by atoms with Crippen LogP contribution in [0.1, 0.15) is 50.5 Å². The van der Waals surface area contributed by atoms with Gasteiger partial charge in [-0.1, -0.05) is 44.2 Å². The number of ketones is 1. The molecule has 0 bridgehead atoms. The van der Waals surface area contributed by atoms with Gasteiger partial charge in [-0.15, -0.1) is 0 Å². The van der Waals surface area contributed by atoms with Gasteiger partial charge in [-0.3, -0.25) is 4.79 Å². The lowest BCUT2D eigenvalue weighted by atomic mass is 9.86. The molecule has 1 fully saturated rings. The summed E-state index contributed by atoms with van der Waals surface area (Å²) in [5.74, 6) is 0.330. The Morgan fingerprint density at radius 1 is 1.00 bits per heavy atom. The Labute approximate surface area is 108 Å². The van der Waals surface area contributed by atoms with Crippen LogP contribution >= 0.6 is 0 Å². The highest BCUT2D eigenvalue weighted by Crippen LogP contribution is 2.24. The third kappa shape index (κ3) is 3.94. The molecule has 0 aliphatic heterocycles. The first kappa shape index (κ1) is 13.3. The van der Waals surface area contributed by atoms with Crippen molar-refractivity contribution in [1.29, 1.82) is 0 Å². The van der Waals surface area contributed by atoms with E-state index in [1.165, 1.54) is 44.2 Å². The number of rotatable bonds is 3. The van der Waals surface area contributed by atoms with Crippen molar-refractivity contribution in [1.82, 2.24) is 0 Å². The van der Waals surface area contributed by atoms with Gasteiger partial charge in [0.2, 0.25) is 0 Å². The Bertz CT molecular complexity index is 375. The highest BCUT2D eigenvalue weighted by atomic mass is 19.1. The molecule has 0 unspecified atom stereocenters. The van der Waals surface area contributed by atoms with E-state index < -0.39 is 0 Å². The van der Waals surface area contributed by atoms with E-state index in [9.17, 15) is 9.18 Å². The van der Waals surface area contributed by atoms with Crippen molar-refractivity contribution in [2.24, 2.45) is 5.92 Å². The van der Waals surface area contributed by atoms with E-state index in [2.05, 4.69) is 0 Å². The molecule has 1 aliphatic rings. The monoisotopic (exact) mass is 248 g/mol. The van der Waals surface area contributed by atoms with Crippen molar-refractivity contribution in [3.63, 3.8) is 0 Å². The molecule has 0 radical (unpaired) electrons. The predicted octanol–water partition coefficient (Wildman–Crippen LogP) is 4.30. The number of carbonyl (C=O) groups is 1. The summed E-state index contributed by atoms with van der Waals surface area (Å²) in [5.41, 5.74) is 0.934. The van der Waals surface area contributed by atoms with Gasteiger partial charge < -0.3 is 0 Å². The Kier molecular flexibility index (Phi) is 4.91. The molecule has 0 atom stereocenters. The topological polar surface area (TPSA) is 17.1 Å². The quantitative estimate of drug-likeness (QED) is 0.779. The van der Waals surface area contributed by atoms with E-state index >= 15 is 0 Å². The van der Waals surface area contributed by atoms with Crippen LogP contribution in [0.25, 0.3) is 0 Å². The molecule has 2 rings (SSSR count). The van der Waals surface area contributed by atoms with Crippen LogP contribution in [0.4, 0.5) is 4.39 Å². The summed E-state index contributed by atoms with van der Waals surface area (Å²) in [7, 11) is 0. The van der Waals surface area contributed by atoms with Crippen LogP contribution in [0.5, 0.6) is 0 Å². The number of halogens is 1. The Morgan fingerprint density at radius 3 is 2.17 bits per heavy atom. The summed E-state index contributed by atoms with van der Waals surface area (Å²) in [5, 5.41) is 0. The number of hydrogen-bond acceptors (Lipinski definition) is 1. The molecule has 0 saturated heterocycles. The number of benzene rings is 1. The zero-order valence-corrected chi connectivity index (χ0v) is 10.8. The first-order chi connectivity index (χ1) is 8.75. The number of carbonyl (C=O) groups excluding carboxylic acids is 1. The fourth-order valence-corrected chi connectivity index (χ4v) is 2.73. The summed E-state index contributed by atoms with van der Waals surface area (Å²) < 4.78 is 12.8. The second kappa shape index (κ2) is 6.67. The van der Waals surface area contributed by atoms with Crippen LogP contribution in [0.15, 0.2) is 24.3 Å². The molecule has 1 aromatic carbocycles. The minimum atomic E-state index is -0.239. The van der Waals surface area contributed by atoms with Crippen molar-refractivity contribution in [2.75, 3.05) is 0 Å². The van der Waals surface area contributed by atoms with E-state index in [1.54, 1.807) is 12.1 Å². The largest absolute Gasteiger partial charge is 0.299 e. The van der Waals surface area contributed by atoms with Gasteiger partial charge in [-0.2, -0.15) is 0 Å². The average molecular weight is 248 g/mol. The van der Waals surface area contributed by atoms with Gasteiger partial charge in [-0.25, -0.2) is 4.39 Å². The minimum Gasteiger partial charge on any atom is -0.299 e. The van der Waals surface area contributed by atoms with Crippen molar-refractivity contribution in [3.05, 3.63) is 35.6 Å². The van der Waals surface area contributed by atoms with Gasteiger partial charge in [-0.05, 0) is 30.5 Å². The van der Waals surface area contributed by atoms with Gasteiger partial charge in [0.05, 0.1) is 0 Å². The Balaban J connectivity index is 1.91. The van der Waals surface area contributed by atoms with Gasteiger partial charge in [0.1, 0.15) is 11.6 Å². The molecule has 1 nitrogen and oxygen atoms in total. The van der Waals surface area contributed by atoms with E-state index in [-0.39, 0.29) is 11.7 Å². The Hall–Kier alpha value is -1.18. The molecule has 1 saturated carbocycles. The SMILES string of the molecule is O=C(Cc1ccc(F)cc1)C1CCCCCCC1. The summed E-state index contributed by atoms with van der Waals surface area (Å²) in [6.45, 7) is 0. The summed E-state index contributed by atoms with van der Waals surface area (Å²) in [6, 6.07) is 6.30. The molecule has 0 N–H and O–H groups in total. The molecule has 0 heterocycles. The fourth-order valence-electron chi connectivity index (χ4n) is 2.73. The zero-order valence-electron chi connectivity index (χ0n) is 10.8. The van der Waals surface area contributed by atoms with Crippen LogP contribution in [-0.2, 0) is 11.2 Å². The highest BCUT2D eigenvalue weighted by molar-refractivity contribution is 5.83. The van der Waals surface area contributed by atoms with Gasteiger partial charge >= 0.3 is 0 Å². The third-order valence-electron chi connectivity index (χ3n) is 3.85. The van der Waals surface area contributed by atoms with E-state index in [4.69, 9.17) is 0 Å². The smallest absolute Gasteiger partial charge is 0.140 e.